The van der Waals surface area contributed by atoms with Crippen LogP contribution in [0.15, 0.2) is 28.7 Å². The Morgan fingerprint density at radius 2 is 1.71 bits per heavy atom. The molecule has 0 spiro atoms. The van der Waals surface area contributed by atoms with Crippen molar-refractivity contribution >= 4 is 5.91 Å². The standard InChI is InChI=1S/C25H33NO2/c1-16-13-20-21(25(4,5)12-11-24(20,2)3)15-17(16)14-19-9-10-22(28-19)23(27)26-18-7-6-8-18/h9-10,13,15,18H,6-8,11-12,14H2,1-5H3,(H,26,27). The van der Waals surface area contributed by atoms with E-state index in [0.717, 1.165) is 25.0 Å². The highest BCUT2D eigenvalue weighted by molar-refractivity contribution is 5.91. The van der Waals surface area contributed by atoms with Gasteiger partial charge in [0.25, 0.3) is 5.91 Å². The Labute approximate surface area is 168 Å². The smallest absolute Gasteiger partial charge is 0.287 e. The van der Waals surface area contributed by atoms with Crippen molar-refractivity contribution < 1.29 is 9.21 Å². The Balaban J connectivity index is 1.58. The predicted octanol–water partition coefficient (Wildman–Crippen LogP) is 5.81. The fraction of sp³-hybridized carbons (Fsp3) is 0.560. The van der Waals surface area contributed by atoms with Gasteiger partial charge in [-0.25, -0.2) is 0 Å². The first-order chi connectivity index (χ1) is 13.2. The third kappa shape index (κ3) is 3.52. The maximum absolute atomic E-state index is 12.3. The molecule has 0 atom stereocenters. The van der Waals surface area contributed by atoms with Crippen LogP contribution in [0.2, 0.25) is 0 Å². The normalized spacial score (nSPS) is 20.3. The van der Waals surface area contributed by atoms with Crippen LogP contribution in [0.3, 0.4) is 0 Å². The number of fused-ring (bicyclic) bond motifs is 1. The molecule has 1 amide bonds. The van der Waals surface area contributed by atoms with E-state index in [1.165, 1.54) is 41.5 Å². The van der Waals surface area contributed by atoms with Gasteiger partial charge in [-0.3, -0.25) is 4.79 Å². The molecule has 0 saturated heterocycles. The molecule has 0 unspecified atom stereocenters. The average Bonchev–Trinajstić information content (AvgIpc) is 3.05. The first-order valence-electron chi connectivity index (χ1n) is 10.7. The zero-order valence-electron chi connectivity index (χ0n) is 17.9. The van der Waals surface area contributed by atoms with Gasteiger partial charge in [0.05, 0.1) is 0 Å². The van der Waals surface area contributed by atoms with Crippen LogP contribution in [0.1, 0.15) is 98.4 Å². The minimum absolute atomic E-state index is 0.0824. The van der Waals surface area contributed by atoms with Gasteiger partial charge in [-0.1, -0.05) is 39.8 Å². The second-order valence-corrected chi connectivity index (χ2v) is 10.1. The number of nitrogens with one attached hydrogen (secondary N) is 1. The van der Waals surface area contributed by atoms with E-state index >= 15 is 0 Å². The van der Waals surface area contributed by atoms with Crippen LogP contribution in [-0.2, 0) is 17.3 Å². The highest BCUT2D eigenvalue weighted by Crippen LogP contribution is 2.46. The monoisotopic (exact) mass is 379 g/mol. The van der Waals surface area contributed by atoms with Crippen molar-refractivity contribution in [2.45, 2.75) is 90.0 Å². The molecule has 28 heavy (non-hydrogen) atoms. The summed E-state index contributed by atoms with van der Waals surface area (Å²) in [6.45, 7) is 11.6. The van der Waals surface area contributed by atoms with Crippen molar-refractivity contribution in [3.05, 3.63) is 58.0 Å². The van der Waals surface area contributed by atoms with Crippen molar-refractivity contribution in [2.24, 2.45) is 0 Å². The van der Waals surface area contributed by atoms with Crippen molar-refractivity contribution in [3.63, 3.8) is 0 Å². The third-order valence-corrected chi connectivity index (χ3v) is 7.00. The highest BCUT2D eigenvalue weighted by Gasteiger charge is 2.37. The molecule has 2 aromatic rings. The molecule has 2 aliphatic carbocycles. The van der Waals surface area contributed by atoms with E-state index in [4.69, 9.17) is 4.42 Å². The van der Waals surface area contributed by atoms with E-state index in [-0.39, 0.29) is 16.7 Å². The lowest BCUT2D eigenvalue weighted by Crippen LogP contribution is -2.39. The van der Waals surface area contributed by atoms with Gasteiger partial charge in [-0.15, -0.1) is 0 Å². The summed E-state index contributed by atoms with van der Waals surface area (Å²) in [6.07, 6.45) is 6.54. The second-order valence-electron chi connectivity index (χ2n) is 10.1. The van der Waals surface area contributed by atoms with Gasteiger partial charge in [0.2, 0.25) is 0 Å². The minimum Gasteiger partial charge on any atom is -0.456 e. The van der Waals surface area contributed by atoms with Crippen LogP contribution in [-0.4, -0.2) is 11.9 Å². The maximum Gasteiger partial charge on any atom is 0.287 e. The lowest BCUT2D eigenvalue weighted by atomic mass is 9.62. The number of rotatable bonds is 4. The molecular weight excluding hydrogens is 346 g/mol. The molecule has 1 N–H and O–H groups in total. The molecule has 150 valence electrons. The topological polar surface area (TPSA) is 42.2 Å². The summed E-state index contributed by atoms with van der Waals surface area (Å²) >= 11 is 0. The Hall–Kier alpha value is -2.03. The number of carbonyl (C=O) groups is 1. The number of benzene rings is 1. The fourth-order valence-electron chi connectivity index (χ4n) is 4.55. The molecule has 4 rings (SSSR count). The molecule has 3 heteroatoms. The highest BCUT2D eigenvalue weighted by atomic mass is 16.3. The van der Waals surface area contributed by atoms with Crippen LogP contribution in [0.4, 0.5) is 0 Å². The van der Waals surface area contributed by atoms with Crippen LogP contribution < -0.4 is 5.32 Å². The summed E-state index contributed by atoms with van der Waals surface area (Å²) in [4.78, 5) is 12.3. The summed E-state index contributed by atoms with van der Waals surface area (Å²) in [5, 5.41) is 3.05. The van der Waals surface area contributed by atoms with Gasteiger partial charge >= 0.3 is 0 Å². The molecule has 3 nitrogen and oxygen atoms in total. The predicted molar refractivity (Wildman–Crippen MR) is 113 cm³/mol. The summed E-state index contributed by atoms with van der Waals surface area (Å²) < 4.78 is 5.90. The Bertz CT molecular complexity index is 899. The number of hydrogen-bond donors (Lipinski definition) is 1. The van der Waals surface area contributed by atoms with Gasteiger partial charge in [0.15, 0.2) is 5.76 Å². The van der Waals surface area contributed by atoms with Gasteiger partial charge in [-0.2, -0.15) is 0 Å². The van der Waals surface area contributed by atoms with Crippen molar-refractivity contribution in [3.8, 4) is 0 Å². The summed E-state index contributed by atoms with van der Waals surface area (Å²) in [7, 11) is 0. The molecule has 2 aliphatic rings. The quantitative estimate of drug-likeness (QED) is 0.728. The van der Waals surface area contributed by atoms with Crippen LogP contribution in [0, 0.1) is 6.92 Å². The summed E-state index contributed by atoms with van der Waals surface area (Å²) in [5.41, 5.74) is 5.99. The SMILES string of the molecule is Cc1cc2c(cc1Cc1ccc(C(=O)NC3CCC3)o1)C(C)(C)CCC2(C)C. The Morgan fingerprint density at radius 3 is 2.32 bits per heavy atom. The number of amides is 1. The number of furan rings is 1. The van der Waals surface area contributed by atoms with E-state index in [0.29, 0.717) is 11.8 Å². The number of hydrogen-bond acceptors (Lipinski definition) is 2. The number of carbonyl (C=O) groups excluding carboxylic acids is 1. The van der Waals surface area contributed by atoms with Gasteiger partial charge in [-0.05, 0) is 84.2 Å². The lowest BCUT2D eigenvalue weighted by molar-refractivity contribution is 0.0887. The molecule has 1 heterocycles. The Kier molecular flexibility index (Phi) is 4.68. The lowest BCUT2D eigenvalue weighted by Gasteiger charge is -2.42. The fourth-order valence-corrected chi connectivity index (χ4v) is 4.55. The van der Waals surface area contributed by atoms with E-state index in [1.807, 2.05) is 12.1 Å². The van der Waals surface area contributed by atoms with Crippen molar-refractivity contribution in [1.29, 1.82) is 0 Å². The molecule has 0 bridgehead atoms. The molecule has 1 aromatic carbocycles. The van der Waals surface area contributed by atoms with Crippen LogP contribution in [0.25, 0.3) is 0 Å². The van der Waals surface area contributed by atoms with Gasteiger partial charge < -0.3 is 9.73 Å². The molecule has 1 saturated carbocycles. The minimum atomic E-state index is -0.0824. The molecule has 0 aliphatic heterocycles. The first kappa shape index (κ1) is 19.3. The zero-order valence-corrected chi connectivity index (χ0v) is 17.9. The second kappa shape index (κ2) is 6.79. The molecular formula is C25H33NO2. The van der Waals surface area contributed by atoms with Crippen LogP contribution >= 0.6 is 0 Å². The van der Waals surface area contributed by atoms with Crippen molar-refractivity contribution in [1.82, 2.24) is 5.32 Å². The zero-order chi connectivity index (χ0) is 20.1. The van der Waals surface area contributed by atoms with E-state index < -0.39 is 0 Å². The maximum atomic E-state index is 12.3. The number of aryl methyl sites for hydroxylation is 1. The van der Waals surface area contributed by atoms with E-state index in [9.17, 15) is 4.79 Å². The van der Waals surface area contributed by atoms with E-state index in [2.05, 4.69) is 52.1 Å². The van der Waals surface area contributed by atoms with E-state index in [1.54, 1.807) is 0 Å². The first-order valence-corrected chi connectivity index (χ1v) is 10.7. The third-order valence-electron chi connectivity index (χ3n) is 7.00. The average molecular weight is 380 g/mol. The molecule has 1 fully saturated rings. The van der Waals surface area contributed by atoms with Gasteiger partial charge in [0, 0.05) is 12.5 Å². The van der Waals surface area contributed by atoms with Crippen LogP contribution in [0.5, 0.6) is 0 Å². The van der Waals surface area contributed by atoms with Crippen molar-refractivity contribution in [2.75, 3.05) is 0 Å². The molecule has 0 radical (unpaired) electrons. The van der Waals surface area contributed by atoms with Gasteiger partial charge in [0.1, 0.15) is 5.76 Å². The summed E-state index contributed by atoms with van der Waals surface area (Å²) in [6, 6.07) is 8.86. The summed E-state index contributed by atoms with van der Waals surface area (Å²) in [5.74, 6) is 1.20. The molecule has 1 aromatic heterocycles. The largest absolute Gasteiger partial charge is 0.456 e. The Morgan fingerprint density at radius 1 is 1.07 bits per heavy atom.